The molecule has 0 aromatic heterocycles. The van der Waals surface area contributed by atoms with Gasteiger partial charge in [-0.3, -0.25) is 14.4 Å². The van der Waals surface area contributed by atoms with Gasteiger partial charge in [0.2, 0.25) is 0 Å². The summed E-state index contributed by atoms with van der Waals surface area (Å²) in [5.74, 6) is -0.459. The van der Waals surface area contributed by atoms with Crippen LogP contribution in [0.3, 0.4) is 0 Å². The molecule has 0 saturated carbocycles. The number of ether oxygens (including phenoxy) is 3. The summed E-state index contributed by atoms with van der Waals surface area (Å²) < 4.78 is 15.9. The molecule has 39 heavy (non-hydrogen) atoms. The van der Waals surface area contributed by atoms with Crippen molar-refractivity contribution in [3.05, 3.63) is 81.8 Å². The van der Waals surface area contributed by atoms with E-state index in [4.69, 9.17) is 37.4 Å². The number of nitrogens with one attached hydrogen (secondary N) is 3. The Morgan fingerprint density at radius 2 is 1.56 bits per heavy atom. The van der Waals surface area contributed by atoms with Crippen LogP contribution in [0.25, 0.3) is 0 Å². The number of nitrogens with zero attached hydrogens (tertiary/aromatic N) is 1. The third kappa shape index (κ3) is 9.51. The van der Waals surface area contributed by atoms with Crippen LogP contribution in [0.2, 0.25) is 10.0 Å². The lowest BCUT2D eigenvalue weighted by Gasteiger charge is -2.10. The highest BCUT2D eigenvalue weighted by Gasteiger charge is 2.12. The zero-order chi connectivity index (χ0) is 28.2. The number of benzene rings is 3. The first-order valence-corrected chi connectivity index (χ1v) is 12.3. The van der Waals surface area contributed by atoms with Gasteiger partial charge >= 0.3 is 11.8 Å². The van der Waals surface area contributed by atoms with E-state index in [1.54, 1.807) is 68.8 Å². The molecule has 12 heteroatoms. The maximum atomic E-state index is 12.1. The maximum absolute atomic E-state index is 12.1. The minimum absolute atomic E-state index is 0.227. The summed E-state index contributed by atoms with van der Waals surface area (Å²) in [6.07, 6.45) is 1.86. The molecule has 0 unspecified atom stereocenters. The zero-order valence-corrected chi connectivity index (χ0v) is 22.6. The van der Waals surface area contributed by atoms with Crippen LogP contribution in [0.1, 0.15) is 11.1 Å². The zero-order valence-electron chi connectivity index (χ0n) is 21.1. The Morgan fingerprint density at radius 1 is 0.872 bits per heavy atom. The standard InChI is InChI=1S/C27H26Cl2N4O6/c1-37-23-8-5-17(11-24(23)38-2)9-10-30-26(35)27(36)33-31-15-18-3-6-22(7-4-18)39-16-25(34)32-21-13-19(28)12-20(29)14-21/h3-8,11-15H,9-10,16H2,1-2H3,(H,30,35)(H,32,34)(H,33,36)/b31-15-. The van der Waals surface area contributed by atoms with E-state index in [9.17, 15) is 14.4 Å². The van der Waals surface area contributed by atoms with E-state index in [1.807, 2.05) is 6.07 Å². The molecule has 0 saturated heterocycles. The van der Waals surface area contributed by atoms with Crippen molar-refractivity contribution in [2.45, 2.75) is 6.42 Å². The maximum Gasteiger partial charge on any atom is 0.329 e. The highest BCUT2D eigenvalue weighted by molar-refractivity contribution is 6.35. The van der Waals surface area contributed by atoms with Gasteiger partial charge < -0.3 is 24.8 Å². The Morgan fingerprint density at radius 3 is 2.23 bits per heavy atom. The third-order valence-corrected chi connectivity index (χ3v) is 5.57. The van der Waals surface area contributed by atoms with E-state index in [0.29, 0.717) is 45.0 Å². The van der Waals surface area contributed by atoms with Crippen molar-refractivity contribution in [3.63, 3.8) is 0 Å². The van der Waals surface area contributed by atoms with Gasteiger partial charge in [0, 0.05) is 22.3 Å². The lowest BCUT2D eigenvalue weighted by Crippen LogP contribution is -2.38. The molecule has 3 rings (SSSR count). The van der Waals surface area contributed by atoms with Crippen LogP contribution >= 0.6 is 23.2 Å². The number of amides is 3. The molecule has 0 bridgehead atoms. The predicted molar refractivity (Wildman–Crippen MR) is 149 cm³/mol. The Bertz CT molecular complexity index is 1330. The number of carbonyl (C=O) groups is 3. The second-order valence-corrected chi connectivity index (χ2v) is 8.83. The highest BCUT2D eigenvalue weighted by atomic mass is 35.5. The number of halogens is 2. The van der Waals surface area contributed by atoms with Gasteiger partial charge in [-0.15, -0.1) is 0 Å². The highest BCUT2D eigenvalue weighted by Crippen LogP contribution is 2.27. The van der Waals surface area contributed by atoms with Crippen LogP contribution in [-0.4, -0.2) is 51.3 Å². The lowest BCUT2D eigenvalue weighted by molar-refractivity contribution is -0.139. The Balaban J connectivity index is 1.38. The van der Waals surface area contributed by atoms with Crippen molar-refractivity contribution in [2.24, 2.45) is 5.10 Å². The average molecular weight is 573 g/mol. The fourth-order valence-electron chi connectivity index (χ4n) is 3.28. The molecular weight excluding hydrogens is 547 g/mol. The molecule has 204 valence electrons. The van der Waals surface area contributed by atoms with Crippen molar-refractivity contribution in [3.8, 4) is 17.2 Å². The van der Waals surface area contributed by atoms with Crippen molar-refractivity contribution >= 4 is 52.8 Å². The largest absolute Gasteiger partial charge is 0.493 e. The van der Waals surface area contributed by atoms with Crippen molar-refractivity contribution in [2.75, 3.05) is 32.7 Å². The molecule has 3 aromatic rings. The summed E-state index contributed by atoms with van der Waals surface area (Å²) in [7, 11) is 3.09. The van der Waals surface area contributed by atoms with E-state index in [2.05, 4.69) is 21.2 Å². The normalized spacial score (nSPS) is 10.6. The van der Waals surface area contributed by atoms with Gasteiger partial charge in [-0.1, -0.05) is 29.3 Å². The Hall–Kier alpha value is -4.28. The van der Waals surface area contributed by atoms with Gasteiger partial charge in [0.1, 0.15) is 5.75 Å². The molecular formula is C27H26Cl2N4O6. The fraction of sp³-hybridized carbons (Fsp3) is 0.185. The second kappa shape index (κ2) is 14.6. The van der Waals surface area contributed by atoms with Gasteiger partial charge in [-0.25, -0.2) is 5.43 Å². The van der Waals surface area contributed by atoms with Crippen LogP contribution in [0, 0.1) is 0 Å². The number of hydrogen-bond acceptors (Lipinski definition) is 7. The number of rotatable bonds is 11. The van der Waals surface area contributed by atoms with Crippen LogP contribution in [0.5, 0.6) is 17.2 Å². The molecule has 0 aliphatic rings. The second-order valence-electron chi connectivity index (χ2n) is 7.96. The first-order valence-electron chi connectivity index (χ1n) is 11.6. The molecule has 0 aliphatic carbocycles. The molecule has 0 aliphatic heterocycles. The van der Waals surface area contributed by atoms with E-state index >= 15 is 0 Å². The Kier molecular flexibility index (Phi) is 11.0. The van der Waals surface area contributed by atoms with E-state index in [1.165, 1.54) is 6.21 Å². The van der Waals surface area contributed by atoms with Crippen molar-refractivity contribution in [1.82, 2.24) is 10.7 Å². The van der Waals surface area contributed by atoms with E-state index < -0.39 is 11.8 Å². The van der Waals surface area contributed by atoms with Gasteiger partial charge in [0.25, 0.3) is 5.91 Å². The molecule has 0 radical (unpaired) electrons. The number of hydrazone groups is 1. The molecule has 0 heterocycles. The first-order chi connectivity index (χ1) is 18.8. The van der Waals surface area contributed by atoms with Crippen molar-refractivity contribution in [1.29, 1.82) is 0 Å². The molecule has 0 atom stereocenters. The number of carbonyl (C=O) groups excluding carboxylic acids is 3. The Labute approximate surface area is 235 Å². The summed E-state index contributed by atoms with van der Waals surface area (Å²) in [5, 5.41) is 9.78. The molecule has 3 aromatic carbocycles. The molecule has 3 amide bonds. The topological polar surface area (TPSA) is 127 Å². The van der Waals surface area contributed by atoms with E-state index in [-0.39, 0.29) is 19.1 Å². The minimum atomic E-state index is -0.898. The summed E-state index contributed by atoms with van der Waals surface area (Å²) in [6, 6.07) is 16.7. The lowest BCUT2D eigenvalue weighted by atomic mass is 10.1. The molecule has 3 N–H and O–H groups in total. The van der Waals surface area contributed by atoms with Gasteiger partial charge in [0.05, 0.1) is 20.4 Å². The first kappa shape index (κ1) is 29.3. The number of hydrogen-bond donors (Lipinski definition) is 3. The molecule has 0 fully saturated rings. The van der Waals surface area contributed by atoms with E-state index in [0.717, 1.165) is 5.56 Å². The predicted octanol–water partition coefficient (Wildman–Crippen LogP) is 3.84. The van der Waals surface area contributed by atoms with Gasteiger partial charge in [-0.2, -0.15) is 5.10 Å². The summed E-state index contributed by atoms with van der Waals surface area (Å²) in [4.78, 5) is 36.1. The summed E-state index contributed by atoms with van der Waals surface area (Å²) in [5.41, 5.74) is 4.18. The van der Waals surface area contributed by atoms with Crippen LogP contribution in [0.4, 0.5) is 5.69 Å². The van der Waals surface area contributed by atoms with Gasteiger partial charge in [-0.05, 0) is 72.1 Å². The average Bonchev–Trinajstić information content (AvgIpc) is 2.91. The number of anilines is 1. The summed E-state index contributed by atoms with van der Waals surface area (Å²) >= 11 is 11.8. The summed E-state index contributed by atoms with van der Waals surface area (Å²) in [6.45, 7) is 0.0204. The number of methoxy groups -OCH3 is 2. The van der Waals surface area contributed by atoms with Crippen LogP contribution < -0.4 is 30.3 Å². The quantitative estimate of drug-likeness (QED) is 0.182. The van der Waals surface area contributed by atoms with Crippen molar-refractivity contribution < 1.29 is 28.6 Å². The van der Waals surface area contributed by atoms with Crippen LogP contribution in [0.15, 0.2) is 65.8 Å². The minimum Gasteiger partial charge on any atom is -0.493 e. The smallest absolute Gasteiger partial charge is 0.329 e. The van der Waals surface area contributed by atoms with Crippen LogP contribution in [-0.2, 0) is 20.8 Å². The van der Waals surface area contributed by atoms with Gasteiger partial charge in [0.15, 0.2) is 18.1 Å². The third-order valence-electron chi connectivity index (χ3n) is 5.13. The molecule has 0 spiro atoms. The molecule has 10 nitrogen and oxygen atoms in total. The SMILES string of the molecule is COc1ccc(CCNC(=O)C(=O)N/N=C\c2ccc(OCC(=O)Nc3cc(Cl)cc(Cl)c3)cc2)cc1OC. The monoisotopic (exact) mass is 572 g/mol. The fourth-order valence-corrected chi connectivity index (χ4v) is 3.80.